The van der Waals surface area contributed by atoms with Crippen LogP contribution in [0, 0.1) is 11.3 Å². The Bertz CT molecular complexity index is 363. The molecule has 2 aliphatic rings. The van der Waals surface area contributed by atoms with Crippen LogP contribution >= 0.6 is 0 Å². The highest BCUT2D eigenvalue weighted by Crippen LogP contribution is 2.50. The van der Waals surface area contributed by atoms with Crippen LogP contribution in [0.1, 0.15) is 39.5 Å². The number of allylic oxidation sites excluding steroid dienone is 6. The molecule has 0 N–H and O–H groups in total. The second kappa shape index (κ2) is 4.40. The molecule has 2 rings (SSSR count). The fourth-order valence-corrected chi connectivity index (χ4v) is 3.28. The van der Waals surface area contributed by atoms with Gasteiger partial charge >= 0.3 is 0 Å². The van der Waals surface area contributed by atoms with Gasteiger partial charge in [0.25, 0.3) is 0 Å². The Morgan fingerprint density at radius 1 is 1.44 bits per heavy atom. The molecule has 1 heteroatoms. The van der Waals surface area contributed by atoms with Crippen molar-refractivity contribution in [2.24, 2.45) is 11.3 Å². The maximum Gasteiger partial charge on any atom is 0.163 e. The van der Waals surface area contributed by atoms with Gasteiger partial charge in [0.15, 0.2) is 5.78 Å². The zero-order valence-electron chi connectivity index (χ0n) is 10.2. The third-order valence-corrected chi connectivity index (χ3v) is 4.01. The first kappa shape index (κ1) is 11.4. The monoisotopic (exact) mass is 216 g/mol. The Morgan fingerprint density at radius 3 is 2.75 bits per heavy atom. The normalized spacial score (nSPS) is 27.6. The zero-order valence-corrected chi connectivity index (χ0v) is 10.2. The predicted octanol–water partition coefficient (Wildman–Crippen LogP) is 3.82. The molecule has 0 aromatic heterocycles. The predicted molar refractivity (Wildman–Crippen MR) is 67.1 cm³/mol. The summed E-state index contributed by atoms with van der Waals surface area (Å²) in [7, 11) is 0. The van der Waals surface area contributed by atoms with Crippen molar-refractivity contribution in [3.63, 3.8) is 0 Å². The third kappa shape index (κ3) is 1.79. The smallest absolute Gasteiger partial charge is 0.163 e. The van der Waals surface area contributed by atoms with Crippen molar-refractivity contribution in [1.29, 1.82) is 0 Å². The van der Waals surface area contributed by atoms with Gasteiger partial charge in [-0.15, -0.1) is 0 Å². The average Bonchev–Trinajstić information content (AvgIpc) is 2.67. The number of carbonyl (C=O) groups is 1. The summed E-state index contributed by atoms with van der Waals surface area (Å²) in [5.74, 6) is 0.409. The maximum atomic E-state index is 12.2. The van der Waals surface area contributed by atoms with Crippen molar-refractivity contribution >= 4 is 5.78 Å². The molecule has 0 fully saturated rings. The fraction of sp³-hybridized carbons (Fsp3) is 0.533. The summed E-state index contributed by atoms with van der Waals surface area (Å²) < 4.78 is 0. The van der Waals surface area contributed by atoms with Crippen LogP contribution in [-0.2, 0) is 4.79 Å². The minimum atomic E-state index is 0.118. The highest BCUT2D eigenvalue weighted by Gasteiger charge is 2.44. The lowest BCUT2D eigenvalue weighted by Crippen LogP contribution is -2.36. The molecule has 0 radical (unpaired) electrons. The standard InChI is InChI=1S/C15H20O/c1-3-7-13(16)14-12(2)8-6-11-15(14)9-4-5-10-15/h3-5,7-8,14H,6,9-11H2,1-2H3/b7-3+. The molecule has 0 aliphatic heterocycles. The highest BCUT2D eigenvalue weighted by molar-refractivity contribution is 5.94. The van der Waals surface area contributed by atoms with Gasteiger partial charge in [0.2, 0.25) is 0 Å². The number of carbonyl (C=O) groups excluding carboxylic acids is 1. The van der Waals surface area contributed by atoms with Gasteiger partial charge in [0.05, 0.1) is 0 Å². The van der Waals surface area contributed by atoms with E-state index in [1.807, 2.05) is 13.0 Å². The van der Waals surface area contributed by atoms with Crippen LogP contribution in [0.2, 0.25) is 0 Å². The van der Waals surface area contributed by atoms with Crippen molar-refractivity contribution in [3.05, 3.63) is 36.0 Å². The molecule has 0 amide bonds. The molecule has 1 atom stereocenters. The maximum absolute atomic E-state index is 12.2. The first-order valence-electron chi connectivity index (χ1n) is 6.18. The van der Waals surface area contributed by atoms with Gasteiger partial charge in [-0.2, -0.15) is 0 Å². The largest absolute Gasteiger partial charge is 0.294 e. The highest BCUT2D eigenvalue weighted by atomic mass is 16.1. The molecule has 0 bridgehead atoms. The van der Waals surface area contributed by atoms with Crippen molar-refractivity contribution in [1.82, 2.24) is 0 Å². The van der Waals surface area contributed by atoms with Crippen molar-refractivity contribution in [2.45, 2.75) is 39.5 Å². The number of hydrogen-bond donors (Lipinski definition) is 0. The lowest BCUT2D eigenvalue weighted by atomic mass is 9.63. The summed E-state index contributed by atoms with van der Waals surface area (Å²) in [6, 6.07) is 0. The number of hydrogen-bond acceptors (Lipinski definition) is 1. The van der Waals surface area contributed by atoms with Crippen LogP contribution in [0.3, 0.4) is 0 Å². The molecular weight excluding hydrogens is 196 g/mol. The summed E-state index contributed by atoms with van der Waals surface area (Å²) >= 11 is 0. The van der Waals surface area contributed by atoms with Gasteiger partial charge in [-0.1, -0.05) is 29.9 Å². The first-order valence-corrected chi connectivity index (χ1v) is 6.18. The fourth-order valence-electron chi connectivity index (χ4n) is 3.28. The van der Waals surface area contributed by atoms with E-state index >= 15 is 0 Å². The Hall–Kier alpha value is -1.11. The van der Waals surface area contributed by atoms with Crippen molar-refractivity contribution in [3.8, 4) is 0 Å². The molecule has 0 aromatic carbocycles. The molecule has 1 unspecified atom stereocenters. The molecular formula is C15H20O. The van der Waals surface area contributed by atoms with E-state index < -0.39 is 0 Å². The van der Waals surface area contributed by atoms with E-state index in [0.29, 0.717) is 5.78 Å². The number of ketones is 1. The molecule has 1 nitrogen and oxygen atoms in total. The minimum absolute atomic E-state index is 0.118. The first-order chi connectivity index (χ1) is 7.69. The molecule has 0 aromatic rings. The lowest BCUT2D eigenvalue weighted by Gasteiger charge is -2.40. The van der Waals surface area contributed by atoms with E-state index in [9.17, 15) is 4.79 Å². The Kier molecular flexibility index (Phi) is 3.13. The summed E-state index contributed by atoms with van der Waals surface area (Å²) in [6.45, 7) is 4.03. The van der Waals surface area contributed by atoms with E-state index in [1.165, 1.54) is 5.57 Å². The molecule has 2 aliphatic carbocycles. The van der Waals surface area contributed by atoms with E-state index in [1.54, 1.807) is 6.08 Å². The molecule has 0 saturated carbocycles. The summed E-state index contributed by atoms with van der Waals surface area (Å²) in [4.78, 5) is 12.2. The van der Waals surface area contributed by atoms with Gasteiger partial charge in [-0.25, -0.2) is 0 Å². The van der Waals surface area contributed by atoms with Gasteiger partial charge in [0, 0.05) is 5.92 Å². The van der Waals surface area contributed by atoms with Crippen LogP contribution in [0.4, 0.5) is 0 Å². The van der Waals surface area contributed by atoms with Gasteiger partial charge in [0.1, 0.15) is 0 Å². The van der Waals surface area contributed by atoms with Crippen LogP contribution in [0.25, 0.3) is 0 Å². The van der Waals surface area contributed by atoms with E-state index in [2.05, 4.69) is 25.2 Å². The molecule has 0 heterocycles. The van der Waals surface area contributed by atoms with Gasteiger partial charge < -0.3 is 0 Å². The quantitative estimate of drug-likeness (QED) is 0.506. The Morgan fingerprint density at radius 2 is 2.12 bits per heavy atom. The van der Waals surface area contributed by atoms with Crippen LogP contribution in [0.5, 0.6) is 0 Å². The summed E-state index contributed by atoms with van der Waals surface area (Å²) in [5, 5.41) is 0. The minimum Gasteiger partial charge on any atom is -0.294 e. The SMILES string of the molecule is C/C=C/C(=O)C1C(C)=CCCC12CC=CC2. The summed E-state index contributed by atoms with van der Waals surface area (Å²) in [6.07, 6.45) is 14.8. The Labute approximate surface area is 97.9 Å². The van der Waals surface area contributed by atoms with Gasteiger partial charge in [-0.05, 0) is 51.0 Å². The average molecular weight is 216 g/mol. The second-order valence-electron chi connectivity index (χ2n) is 5.06. The van der Waals surface area contributed by atoms with Crippen LogP contribution in [-0.4, -0.2) is 5.78 Å². The molecule has 1 spiro atoms. The van der Waals surface area contributed by atoms with Crippen molar-refractivity contribution in [2.75, 3.05) is 0 Å². The molecule has 16 heavy (non-hydrogen) atoms. The molecule has 0 saturated heterocycles. The van der Waals surface area contributed by atoms with Gasteiger partial charge in [-0.3, -0.25) is 4.79 Å². The summed E-state index contributed by atoms with van der Waals surface area (Å²) in [5.41, 5.74) is 1.48. The number of rotatable bonds is 2. The zero-order chi connectivity index (χ0) is 11.6. The van der Waals surface area contributed by atoms with Crippen LogP contribution in [0.15, 0.2) is 36.0 Å². The topological polar surface area (TPSA) is 17.1 Å². The molecule has 86 valence electrons. The van der Waals surface area contributed by atoms with E-state index in [0.717, 1.165) is 25.7 Å². The Balaban J connectivity index is 2.31. The van der Waals surface area contributed by atoms with E-state index in [4.69, 9.17) is 0 Å². The van der Waals surface area contributed by atoms with Crippen LogP contribution < -0.4 is 0 Å². The second-order valence-corrected chi connectivity index (χ2v) is 5.06. The third-order valence-electron chi connectivity index (χ3n) is 4.01. The van der Waals surface area contributed by atoms with E-state index in [-0.39, 0.29) is 11.3 Å². The lowest BCUT2D eigenvalue weighted by molar-refractivity contribution is -0.121. The van der Waals surface area contributed by atoms with Crippen molar-refractivity contribution < 1.29 is 4.79 Å².